The van der Waals surface area contributed by atoms with Gasteiger partial charge in [-0.1, -0.05) is 55.9 Å². The molecular formula is C23H24N4Si. The summed E-state index contributed by atoms with van der Waals surface area (Å²) in [7, 11) is -1.45. The molecule has 4 nitrogen and oxygen atoms in total. The summed E-state index contributed by atoms with van der Waals surface area (Å²) in [5.74, 6) is 5.12. The van der Waals surface area contributed by atoms with Crippen LogP contribution < -0.4 is 0 Å². The molecule has 0 saturated heterocycles. The molecule has 0 N–H and O–H groups in total. The molecule has 28 heavy (non-hydrogen) atoms. The second-order valence-corrected chi connectivity index (χ2v) is 12.9. The molecule has 1 aromatic heterocycles. The molecule has 1 aliphatic heterocycles. The van der Waals surface area contributed by atoms with E-state index >= 15 is 0 Å². The molecule has 0 spiro atoms. The highest BCUT2D eigenvalue weighted by atomic mass is 28.3. The number of hydrogen-bond acceptors (Lipinski definition) is 3. The summed E-state index contributed by atoms with van der Waals surface area (Å²) in [4.78, 5) is 5.05. The Balaban J connectivity index is 1.98. The van der Waals surface area contributed by atoms with Crippen molar-refractivity contribution < 1.29 is 0 Å². The highest BCUT2D eigenvalue weighted by Gasteiger charge is 2.25. The summed E-state index contributed by atoms with van der Waals surface area (Å²) in [5.41, 5.74) is 8.69. The molecular weight excluding hydrogens is 360 g/mol. The number of rotatable bonds is 1. The maximum atomic E-state index is 5.05. The molecule has 140 valence electrons. The van der Waals surface area contributed by atoms with Crippen molar-refractivity contribution in [3.63, 3.8) is 0 Å². The van der Waals surface area contributed by atoms with Crippen LogP contribution in [0, 0.1) is 18.4 Å². The lowest BCUT2D eigenvalue weighted by atomic mass is 9.98. The molecule has 2 aromatic carbocycles. The Bertz CT molecular complexity index is 1120. The van der Waals surface area contributed by atoms with Gasteiger partial charge in [0.25, 0.3) is 0 Å². The minimum Gasteiger partial charge on any atom is -0.281 e. The number of aliphatic imine (C=N–C) groups is 1. The fourth-order valence-corrected chi connectivity index (χ4v) is 3.87. The van der Waals surface area contributed by atoms with Crippen molar-refractivity contribution in [2.45, 2.75) is 39.5 Å². The van der Waals surface area contributed by atoms with Crippen LogP contribution in [0.4, 0.5) is 0 Å². The zero-order valence-electron chi connectivity index (χ0n) is 17.0. The first-order chi connectivity index (χ1) is 13.3. The van der Waals surface area contributed by atoms with Gasteiger partial charge in [0.05, 0.1) is 11.4 Å². The minimum atomic E-state index is -1.45. The monoisotopic (exact) mass is 384 g/mol. The van der Waals surface area contributed by atoms with Crippen molar-refractivity contribution >= 4 is 13.8 Å². The van der Waals surface area contributed by atoms with Crippen LogP contribution in [-0.4, -0.2) is 28.6 Å². The first kappa shape index (κ1) is 18.4. The van der Waals surface area contributed by atoms with E-state index in [2.05, 4.69) is 83.1 Å². The first-order valence-electron chi connectivity index (χ1n) is 9.56. The Morgan fingerprint density at radius 1 is 1.00 bits per heavy atom. The second-order valence-electron chi connectivity index (χ2n) is 8.19. The topological polar surface area (TPSA) is 43.1 Å². The van der Waals surface area contributed by atoms with E-state index < -0.39 is 8.07 Å². The Labute approximate surface area is 167 Å². The Morgan fingerprint density at radius 3 is 2.46 bits per heavy atom. The number of aromatic nitrogens is 3. The van der Waals surface area contributed by atoms with E-state index in [4.69, 9.17) is 4.99 Å². The van der Waals surface area contributed by atoms with E-state index in [1.54, 1.807) is 0 Å². The number of nitrogens with zero attached hydrogens (tertiary/aromatic N) is 4. The van der Waals surface area contributed by atoms with Gasteiger partial charge in [0.2, 0.25) is 0 Å². The lowest BCUT2D eigenvalue weighted by molar-refractivity contribution is 0.721. The van der Waals surface area contributed by atoms with E-state index in [1.165, 1.54) is 0 Å². The Hall–Kier alpha value is -2.97. The normalized spacial score (nSPS) is 15.6. The lowest BCUT2D eigenvalue weighted by Gasteiger charge is -2.13. The van der Waals surface area contributed by atoms with E-state index in [1.807, 2.05) is 25.1 Å². The fourth-order valence-electron chi connectivity index (χ4n) is 3.35. The molecule has 3 aromatic rings. The molecule has 0 unspecified atom stereocenters. The van der Waals surface area contributed by atoms with Crippen LogP contribution in [0.3, 0.4) is 0 Å². The Kier molecular flexibility index (Phi) is 4.52. The van der Waals surface area contributed by atoms with E-state index in [0.29, 0.717) is 0 Å². The minimum absolute atomic E-state index is 0.0830. The van der Waals surface area contributed by atoms with Gasteiger partial charge in [0.1, 0.15) is 19.9 Å². The second kappa shape index (κ2) is 6.88. The van der Waals surface area contributed by atoms with Gasteiger partial charge in [0, 0.05) is 16.7 Å². The number of hydrogen-bond donors (Lipinski definition) is 0. The summed E-state index contributed by atoms with van der Waals surface area (Å²) in [6.07, 6.45) is 0. The molecule has 0 radical (unpaired) electrons. The maximum absolute atomic E-state index is 5.05. The smallest absolute Gasteiger partial charge is 0.162 e. The van der Waals surface area contributed by atoms with Crippen molar-refractivity contribution in [1.82, 2.24) is 14.8 Å². The third-order valence-electron chi connectivity index (χ3n) is 4.67. The zero-order chi connectivity index (χ0) is 19.9. The van der Waals surface area contributed by atoms with Gasteiger partial charge in [-0.15, -0.1) is 15.7 Å². The van der Waals surface area contributed by atoms with Gasteiger partial charge in [0.15, 0.2) is 5.82 Å². The van der Waals surface area contributed by atoms with Crippen molar-refractivity contribution in [2.75, 3.05) is 0 Å². The first-order valence-corrected chi connectivity index (χ1v) is 13.1. The largest absolute Gasteiger partial charge is 0.281 e. The molecule has 0 fully saturated rings. The highest BCUT2D eigenvalue weighted by Crippen LogP contribution is 2.31. The summed E-state index contributed by atoms with van der Waals surface area (Å²) in [6, 6.07) is 16.6. The standard InChI is InChI=1S/C23H24N4Si/c1-16-23-26-25-17(2)27(23)21-12-11-18(13-14-28(3,4)5)15-20(21)22(24-16)19-9-7-6-8-10-19/h6-12,15-16H,1-5H3/t16-/m1/s1. The molecule has 0 aliphatic carbocycles. The van der Waals surface area contributed by atoms with Gasteiger partial charge >= 0.3 is 0 Å². The number of fused-ring (bicyclic) bond motifs is 3. The quantitative estimate of drug-likeness (QED) is 0.450. The van der Waals surface area contributed by atoms with Crippen LogP contribution >= 0.6 is 0 Å². The van der Waals surface area contributed by atoms with Crippen LogP contribution in [0.15, 0.2) is 53.5 Å². The van der Waals surface area contributed by atoms with E-state index in [0.717, 1.165) is 39.7 Å². The van der Waals surface area contributed by atoms with Gasteiger partial charge < -0.3 is 0 Å². The highest BCUT2D eigenvalue weighted by molar-refractivity contribution is 6.83. The van der Waals surface area contributed by atoms with E-state index in [-0.39, 0.29) is 6.04 Å². The molecule has 1 atom stereocenters. The molecule has 0 bridgehead atoms. The SMILES string of the molecule is Cc1nnc2n1-c1ccc(C#C[Si](C)(C)C)cc1C(c1ccccc1)=N[C@@H]2C. The number of aryl methyl sites for hydroxylation is 1. The Morgan fingerprint density at radius 2 is 1.75 bits per heavy atom. The summed E-state index contributed by atoms with van der Waals surface area (Å²) in [6.45, 7) is 10.8. The number of benzene rings is 2. The van der Waals surface area contributed by atoms with Gasteiger partial charge in [-0.25, -0.2) is 0 Å². The average Bonchev–Trinajstić information content (AvgIpc) is 3.00. The molecule has 5 heteroatoms. The summed E-state index contributed by atoms with van der Waals surface area (Å²) >= 11 is 0. The van der Waals surface area contributed by atoms with Crippen molar-refractivity contribution in [1.29, 1.82) is 0 Å². The maximum Gasteiger partial charge on any atom is 0.162 e. The fraction of sp³-hybridized carbons (Fsp3) is 0.261. The molecule has 0 saturated carbocycles. The zero-order valence-corrected chi connectivity index (χ0v) is 18.0. The van der Waals surface area contributed by atoms with Crippen LogP contribution in [-0.2, 0) is 0 Å². The molecule has 2 heterocycles. The van der Waals surface area contributed by atoms with Crippen LogP contribution in [0.25, 0.3) is 5.69 Å². The van der Waals surface area contributed by atoms with Crippen molar-refractivity contribution in [3.8, 4) is 17.2 Å². The average molecular weight is 385 g/mol. The van der Waals surface area contributed by atoms with E-state index in [9.17, 15) is 0 Å². The molecule has 1 aliphatic rings. The van der Waals surface area contributed by atoms with Crippen LogP contribution in [0.1, 0.15) is 41.3 Å². The van der Waals surface area contributed by atoms with Crippen LogP contribution in [0.5, 0.6) is 0 Å². The molecule has 0 amide bonds. The summed E-state index contributed by atoms with van der Waals surface area (Å²) < 4.78 is 2.12. The van der Waals surface area contributed by atoms with Gasteiger partial charge in [-0.2, -0.15) is 0 Å². The van der Waals surface area contributed by atoms with Crippen LogP contribution in [0.2, 0.25) is 19.6 Å². The van der Waals surface area contributed by atoms with Crippen molar-refractivity contribution in [2.24, 2.45) is 4.99 Å². The third kappa shape index (κ3) is 3.44. The predicted octanol–water partition coefficient (Wildman–Crippen LogP) is 4.72. The molecule has 4 rings (SSSR count). The third-order valence-corrected chi connectivity index (χ3v) is 5.54. The van der Waals surface area contributed by atoms with Gasteiger partial charge in [-0.3, -0.25) is 9.56 Å². The summed E-state index contributed by atoms with van der Waals surface area (Å²) in [5, 5.41) is 8.70. The predicted molar refractivity (Wildman–Crippen MR) is 117 cm³/mol. The lowest BCUT2D eigenvalue weighted by Crippen LogP contribution is -2.16. The van der Waals surface area contributed by atoms with Gasteiger partial charge in [-0.05, 0) is 32.0 Å². The van der Waals surface area contributed by atoms with Crippen molar-refractivity contribution in [3.05, 3.63) is 76.9 Å².